The van der Waals surface area contributed by atoms with Crippen LogP contribution < -0.4 is 5.56 Å². The van der Waals surface area contributed by atoms with Crippen LogP contribution in [0.1, 0.15) is 12.2 Å². The van der Waals surface area contributed by atoms with Gasteiger partial charge >= 0.3 is 0 Å². The molecule has 2 aromatic rings. The first-order valence-corrected chi connectivity index (χ1v) is 6.15. The Morgan fingerprint density at radius 1 is 1.41 bits per heavy atom. The maximum atomic E-state index is 11.8. The zero-order chi connectivity index (χ0) is 12.3. The first kappa shape index (κ1) is 12.0. The summed E-state index contributed by atoms with van der Waals surface area (Å²) in [6.07, 6.45) is 7.85. The van der Waals surface area contributed by atoms with Gasteiger partial charge in [-0.15, -0.1) is 0 Å². The van der Waals surface area contributed by atoms with Gasteiger partial charge in [-0.2, -0.15) is 0 Å². The van der Waals surface area contributed by atoms with E-state index in [1.165, 1.54) is 0 Å². The molecule has 2 aromatic heterocycles. The van der Waals surface area contributed by atoms with E-state index in [-0.39, 0.29) is 5.56 Å². The lowest BCUT2D eigenvalue weighted by Crippen LogP contribution is -2.24. The number of rotatable bonds is 4. The molecule has 0 amide bonds. The fraction of sp³-hybridized carbons (Fsp3) is 0.364. The number of hydrogen-bond donors (Lipinski definition) is 0. The molecule has 0 fully saturated rings. The van der Waals surface area contributed by atoms with Gasteiger partial charge in [-0.1, -0.05) is 0 Å². The van der Waals surface area contributed by atoms with E-state index in [0.717, 1.165) is 18.8 Å². The van der Waals surface area contributed by atoms with Crippen molar-refractivity contribution in [3.63, 3.8) is 0 Å². The number of aryl methyl sites for hydroxylation is 2. The Morgan fingerprint density at radius 3 is 2.94 bits per heavy atom. The van der Waals surface area contributed by atoms with Gasteiger partial charge in [-0.05, 0) is 29.3 Å². The molecule has 90 valence electrons. The quantitative estimate of drug-likeness (QED) is 0.861. The van der Waals surface area contributed by atoms with E-state index in [4.69, 9.17) is 0 Å². The molecule has 0 aliphatic heterocycles. The van der Waals surface area contributed by atoms with Crippen LogP contribution in [-0.2, 0) is 13.1 Å². The minimum Gasteiger partial charge on any atom is -0.337 e. The van der Waals surface area contributed by atoms with Crippen molar-refractivity contribution in [1.82, 2.24) is 19.1 Å². The standard InChI is InChI=1S/C11H13BrN4O/c1-9-14-7-10(12)11(17)16(9)5-2-4-15-6-3-13-8-15/h3,6-8H,2,4-5H2,1H3. The van der Waals surface area contributed by atoms with Gasteiger partial charge in [0, 0.05) is 31.7 Å². The van der Waals surface area contributed by atoms with Crippen molar-refractivity contribution in [2.45, 2.75) is 26.4 Å². The van der Waals surface area contributed by atoms with Crippen molar-refractivity contribution in [1.29, 1.82) is 0 Å². The first-order chi connectivity index (χ1) is 8.18. The Kier molecular flexibility index (Phi) is 3.73. The van der Waals surface area contributed by atoms with E-state index >= 15 is 0 Å². The molecule has 0 saturated heterocycles. The molecule has 0 atom stereocenters. The molecule has 0 bridgehead atoms. The van der Waals surface area contributed by atoms with Crippen molar-refractivity contribution in [2.24, 2.45) is 0 Å². The van der Waals surface area contributed by atoms with E-state index in [1.807, 2.05) is 17.7 Å². The highest BCUT2D eigenvalue weighted by Gasteiger charge is 2.04. The number of aromatic nitrogens is 4. The van der Waals surface area contributed by atoms with Crippen LogP contribution in [0.15, 0.2) is 34.2 Å². The predicted octanol–water partition coefficient (Wildman–Crippen LogP) is 1.60. The number of imidazole rings is 1. The summed E-state index contributed by atoms with van der Waals surface area (Å²) in [7, 11) is 0. The van der Waals surface area contributed by atoms with Crippen molar-refractivity contribution in [3.8, 4) is 0 Å². The van der Waals surface area contributed by atoms with Crippen molar-refractivity contribution < 1.29 is 0 Å². The lowest BCUT2D eigenvalue weighted by atomic mass is 10.4. The fourth-order valence-electron chi connectivity index (χ4n) is 1.64. The van der Waals surface area contributed by atoms with Crippen LogP contribution in [0.4, 0.5) is 0 Å². The molecule has 17 heavy (non-hydrogen) atoms. The maximum Gasteiger partial charge on any atom is 0.267 e. The molecule has 0 N–H and O–H groups in total. The minimum absolute atomic E-state index is 0.0249. The van der Waals surface area contributed by atoms with Gasteiger partial charge in [0.2, 0.25) is 0 Å². The van der Waals surface area contributed by atoms with Crippen molar-refractivity contribution in [3.05, 3.63) is 45.6 Å². The normalized spacial score (nSPS) is 10.7. The zero-order valence-corrected chi connectivity index (χ0v) is 11.1. The monoisotopic (exact) mass is 296 g/mol. The van der Waals surface area contributed by atoms with Crippen LogP contribution in [0, 0.1) is 6.92 Å². The van der Waals surface area contributed by atoms with Crippen LogP contribution >= 0.6 is 15.9 Å². The van der Waals surface area contributed by atoms with E-state index in [0.29, 0.717) is 11.0 Å². The molecule has 0 aromatic carbocycles. The SMILES string of the molecule is Cc1ncc(Br)c(=O)n1CCCn1ccnc1. The van der Waals surface area contributed by atoms with Crippen molar-refractivity contribution in [2.75, 3.05) is 0 Å². The molecular weight excluding hydrogens is 284 g/mol. The second kappa shape index (κ2) is 5.27. The summed E-state index contributed by atoms with van der Waals surface area (Å²) in [5.74, 6) is 0.740. The van der Waals surface area contributed by atoms with Crippen LogP contribution in [0.25, 0.3) is 0 Å². The molecule has 0 aliphatic rings. The summed E-state index contributed by atoms with van der Waals surface area (Å²) in [5, 5.41) is 0. The molecule has 0 saturated carbocycles. The van der Waals surface area contributed by atoms with Gasteiger partial charge < -0.3 is 4.57 Å². The topological polar surface area (TPSA) is 52.7 Å². The average Bonchev–Trinajstić information content (AvgIpc) is 2.81. The fourth-order valence-corrected chi connectivity index (χ4v) is 1.96. The third kappa shape index (κ3) is 2.82. The first-order valence-electron chi connectivity index (χ1n) is 5.36. The minimum atomic E-state index is -0.0249. The molecule has 6 heteroatoms. The zero-order valence-electron chi connectivity index (χ0n) is 9.51. The van der Waals surface area contributed by atoms with Crippen LogP contribution in [0.3, 0.4) is 0 Å². The Balaban J connectivity index is 2.04. The molecule has 2 heterocycles. The molecule has 0 spiro atoms. The van der Waals surface area contributed by atoms with E-state index in [9.17, 15) is 4.79 Å². The lowest BCUT2D eigenvalue weighted by molar-refractivity contribution is 0.535. The maximum absolute atomic E-state index is 11.8. The Hall–Kier alpha value is -1.43. The third-order valence-corrected chi connectivity index (χ3v) is 3.11. The van der Waals surface area contributed by atoms with Gasteiger partial charge in [0.1, 0.15) is 10.3 Å². The van der Waals surface area contributed by atoms with E-state index < -0.39 is 0 Å². The average molecular weight is 297 g/mol. The van der Waals surface area contributed by atoms with E-state index in [1.54, 1.807) is 23.3 Å². The van der Waals surface area contributed by atoms with Crippen LogP contribution in [-0.4, -0.2) is 19.1 Å². The molecule has 5 nitrogen and oxygen atoms in total. The van der Waals surface area contributed by atoms with E-state index in [2.05, 4.69) is 25.9 Å². The van der Waals surface area contributed by atoms with Gasteiger partial charge in [0.15, 0.2) is 0 Å². The van der Waals surface area contributed by atoms with Gasteiger partial charge in [-0.25, -0.2) is 9.97 Å². The second-order valence-corrected chi connectivity index (χ2v) is 4.62. The summed E-state index contributed by atoms with van der Waals surface area (Å²) in [5.41, 5.74) is -0.0249. The number of hydrogen-bond acceptors (Lipinski definition) is 3. The Morgan fingerprint density at radius 2 is 2.24 bits per heavy atom. The highest BCUT2D eigenvalue weighted by Crippen LogP contribution is 2.02. The highest BCUT2D eigenvalue weighted by atomic mass is 79.9. The van der Waals surface area contributed by atoms with Gasteiger partial charge in [0.05, 0.1) is 6.33 Å². The smallest absolute Gasteiger partial charge is 0.267 e. The summed E-state index contributed by atoms with van der Waals surface area (Å²) >= 11 is 3.20. The lowest BCUT2D eigenvalue weighted by Gasteiger charge is -2.09. The Labute approximate surface area is 107 Å². The molecular formula is C11H13BrN4O. The molecule has 0 unspecified atom stereocenters. The van der Waals surface area contributed by atoms with Gasteiger partial charge in [0.25, 0.3) is 5.56 Å². The van der Waals surface area contributed by atoms with Crippen LogP contribution in [0.5, 0.6) is 0 Å². The second-order valence-electron chi connectivity index (χ2n) is 3.76. The molecule has 0 aliphatic carbocycles. The summed E-state index contributed by atoms with van der Waals surface area (Å²) in [6.45, 7) is 3.35. The summed E-state index contributed by atoms with van der Waals surface area (Å²) < 4.78 is 4.18. The predicted molar refractivity (Wildman–Crippen MR) is 67.8 cm³/mol. The van der Waals surface area contributed by atoms with Crippen molar-refractivity contribution >= 4 is 15.9 Å². The largest absolute Gasteiger partial charge is 0.337 e. The highest BCUT2D eigenvalue weighted by molar-refractivity contribution is 9.10. The molecule has 2 rings (SSSR count). The molecule has 0 radical (unpaired) electrons. The number of nitrogens with zero attached hydrogens (tertiary/aromatic N) is 4. The Bertz CT molecular complexity index is 547. The number of halogens is 1. The third-order valence-electron chi connectivity index (χ3n) is 2.56. The van der Waals surface area contributed by atoms with Gasteiger partial charge in [-0.3, -0.25) is 9.36 Å². The van der Waals surface area contributed by atoms with Crippen LogP contribution in [0.2, 0.25) is 0 Å². The summed E-state index contributed by atoms with van der Waals surface area (Å²) in [6, 6.07) is 0. The summed E-state index contributed by atoms with van der Waals surface area (Å²) in [4.78, 5) is 20.0.